The molecule has 0 aliphatic heterocycles. The van der Waals surface area contributed by atoms with E-state index >= 15 is 0 Å². The summed E-state index contributed by atoms with van der Waals surface area (Å²) in [5, 5.41) is 34.2. The van der Waals surface area contributed by atoms with Crippen molar-refractivity contribution in [3.63, 3.8) is 0 Å². The lowest BCUT2D eigenvalue weighted by atomic mass is 10.1. The second-order valence-corrected chi connectivity index (χ2v) is 22.3. The molecule has 3 aromatic carbocycles. The van der Waals surface area contributed by atoms with E-state index in [1.165, 1.54) is 6.08 Å². The number of aromatic carboxylic acids is 1. The molecule has 0 radical (unpaired) electrons. The zero-order valence-electron chi connectivity index (χ0n) is 32.5. The Morgan fingerprint density at radius 1 is 0.508 bits per heavy atom. The van der Waals surface area contributed by atoms with Crippen molar-refractivity contribution in [3.05, 3.63) is 76.8 Å². The van der Waals surface area contributed by atoms with Crippen molar-refractivity contribution in [2.24, 2.45) is 30.7 Å². The van der Waals surface area contributed by atoms with Gasteiger partial charge in [-0.1, -0.05) is 0 Å². The predicted octanol–water partition coefficient (Wildman–Crippen LogP) is 3.45. The lowest BCUT2D eigenvalue weighted by Crippen LogP contribution is -2.17. The van der Waals surface area contributed by atoms with Gasteiger partial charge in [0.25, 0.3) is 0 Å². The van der Waals surface area contributed by atoms with Crippen LogP contribution in [-0.4, -0.2) is 112 Å². The molecule has 0 fully saturated rings. The van der Waals surface area contributed by atoms with Crippen molar-refractivity contribution in [2.45, 2.75) is 22.6 Å². The lowest BCUT2D eigenvalue weighted by molar-refractivity contribution is 0.0698. The van der Waals surface area contributed by atoms with Crippen molar-refractivity contribution in [1.82, 2.24) is 0 Å². The molecule has 3 aromatic rings. The summed E-state index contributed by atoms with van der Waals surface area (Å²) in [6.07, 6.45) is 2.04. The smallest absolute Gasteiger partial charge is 0.397 e. The van der Waals surface area contributed by atoms with Crippen molar-refractivity contribution in [2.75, 3.05) is 48.5 Å². The van der Waals surface area contributed by atoms with Crippen LogP contribution >= 0.6 is 0 Å². The number of carboxylic acid groups (broad SMARTS) is 1. The minimum Gasteiger partial charge on any atom is -0.478 e. The van der Waals surface area contributed by atoms with Gasteiger partial charge in [-0.3, -0.25) is 13.7 Å². The molecule has 0 spiro atoms. The van der Waals surface area contributed by atoms with Crippen LogP contribution in [0.15, 0.2) is 112 Å². The van der Waals surface area contributed by atoms with Crippen molar-refractivity contribution in [1.29, 1.82) is 0 Å². The van der Waals surface area contributed by atoms with E-state index in [0.29, 0.717) is 0 Å². The van der Waals surface area contributed by atoms with E-state index in [1.54, 1.807) is 0 Å². The second kappa shape index (κ2) is 20.8. The van der Waals surface area contributed by atoms with Gasteiger partial charge in [0.2, 0.25) is 0 Å². The fourth-order valence-electron chi connectivity index (χ4n) is 5.10. The number of sulfone groups is 3. The Morgan fingerprint density at radius 2 is 0.877 bits per heavy atom. The number of carboxylic acids is 1. The third-order valence-corrected chi connectivity index (χ3v) is 14.8. The molecule has 1 aliphatic carbocycles. The average Bonchev–Trinajstić information content (AvgIpc) is 3.18. The van der Waals surface area contributed by atoms with Gasteiger partial charge in [0.05, 0.1) is 75.3 Å². The molecule has 0 saturated carbocycles. The standard InChI is InChI=1S/C31H34N8O20S6/c32-26-28(37-34-19-1-7-22(8-2-19)60(42,43)16-13-57-63(48,49)50)25(31(40)41)29(38-35-20-3-9-23(10-4-20)61(44,45)17-14-58-64(51,52)53)27(33)30(26)39-36-21-5-11-24(12-6-21)62(46,47)18-15-59-65(54,55)56/h1-3,5-9,11-12H,4,10,13-18,32-33H2,(H,40,41)(H,48,49,50)(H,51,52,53)(H,54,55,56)/b37-34+,38-35+,39-36+. The average molecular weight is 1030 g/mol. The van der Waals surface area contributed by atoms with Gasteiger partial charge >= 0.3 is 37.2 Å². The fourth-order valence-corrected chi connectivity index (χ4v) is 9.73. The summed E-state index contributed by atoms with van der Waals surface area (Å²) in [4.78, 5) is 12.0. The Morgan fingerprint density at radius 3 is 1.23 bits per heavy atom. The number of nitrogens with zero attached hydrogens (tertiary/aromatic N) is 6. The number of rotatable bonds is 22. The van der Waals surface area contributed by atoms with Crippen molar-refractivity contribution in [3.8, 4) is 0 Å². The maximum Gasteiger partial charge on any atom is 0.397 e. The van der Waals surface area contributed by atoms with E-state index in [4.69, 9.17) is 25.1 Å². The number of nitrogens with two attached hydrogens (primary N) is 2. The Hall–Kier alpha value is -5.53. The zero-order valence-corrected chi connectivity index (χ0v) is 37.4. The maximum atomic E-state index is 12.8. The van der Waals surface area contributed by atoms with E-state index < -0.39 is 138 Å². The Labute approximate surface area is 370 Å². The lowest BCUT2D eigenvalue weighted by Gasteiger charge is -2.14. The minimum atomic E-state index is -4.91. The van der Waals surface area contributed by atoms with E-state index in [9.17, 15) is 60.4 Å². The highest BCUT2D eigenvalue weighted by atomic mass is 32.3. The van der Waals surface area contributed by atoms with Crippen molar-refractivity contribution < 1.29 is 86.6 Å². The van der Waals surface area contributed by atoms with Crippen molar-refractivity contribution >= 4 is 106 Å². The highest BCUT2D eigenvalue weighted by Crippen LogP contribution is 2.49. The first kappa shape index (κ1) is 52.1. The molecule has 0 unspecified atom stereocenters. The molecule has 0 heterocycles. The molecule has 4 rings (SSSR count). The maximum absolute atomic E-state index is 12.8. The highest BCUT2D eigenvalue weighted by molar-refractivity contribution is 7.95. The quantitative estimate of drug-likeness (QED) is 0.0477. The summed E-state index contributed by atoms with van der Waals surface area (Å²) in [5.74, 6) is -4.24. The van der Waals surface area contributed by atoms with E-state index in [1.807, 2.05) is 0 Å². The van der Waals surface area contributed by atoms with E-state index in [0.717, 1.165) is 54.6 Å². The van der Waals surface area contributed by atoms with Crippen LogP contribution in [0, 0.1) is 0 Å². The number of allylic oxidation sites excluding steroid dienone is 4. The number of hydrogen-bond acceptors (Lipinski definition) is 24. The normalized spacial score (nSPS) is 14.6. The predicted molar refractivity (Wildman–Crippen MR) is 224 cm³/mol. The molecular weight excluding hydrogens is 997 g/mol. The monoisotopic (exact) mass is 1030 g/mol. The number of anilines is 2. The van der Waals surface area contributed by atoms with Crippen LogP contribution in [0.3, 0.4) is 0 Å². The molecule has 0 saturated heterocycles. The number of nitrogen functional groups attached to an aromatic ring is 2. The molecule has 0 aromatic heterocycles. The van der Waals surface area contributed by atoms with Gasteiger partial charge in [0, 0.05) is 4.91 Å². The third-order valence-electron chi connectivity index (χ3n) is 8.15. The zero-order chi connectivity index (χ0) is 48.6. The van der Waals surface area contributed by atoms with Crippen LogP contribution in [0.2, 0.25) is 0 Å². The first-order chi connectivity index (χ1) is 30.0. The highest BCUT2D eigenvalue weighted by Gasteiger charge is 2.28. The number of carbonyl (C=O) groups is 1. The molecule has 0 bridgehead atoms. The van der Waals surface area contributed by atoms with Crippen LogP contribution in [0.4, 0.5) is 39.8 Å². The summed E-state index contributed by atoms with van der Waals surface area (Å²) in [6, 6.07) is 8.78. The summed E-state index contributed by atoms with van der Waals surface area (Å²) >= 11 is 0. The molecular formula is C31H34N8O20S6. The van der Waals surface area contributed by atoms with E-state index in [2.05, 4.69) is 43.2 Å². The van der Waals surface area contributed by atoms with Crippen LogP contribution in [0.1, 0.15) is 23.2 Å². The summed E-state index contributed by atoms with van der Waals surface area (Å²) in [5.41, 5.74) is 8.97. The van der Waals surface area contributed by atoms with E-state index in [-0.39, 0.29) is 44.6 Å². The summed E-state index contributed by atoms with van der Waals surface area (Å²) < 4.78 is 179. The van der Waals surface area contributed by atoms with Crippen LogP contribution in [0.5, 0.6) is 0 Å². The van der Waals surface area contributed by atoms with Gasteiger partial charge in [-0.15, -0.1) is 15.3 Å². The number of hydrogen-bond donors (Lipinski definition) is 6. The largest absolute Gasteiger partial charge is 0.478 e. The minimum absolute atomic E-state index is 0.0420. The molecule has 28 nitrogen and oxygen atoms in total. The number of azo groups is 3. The Bertz CT molecular complexity index is 3170. The SMILES string of the molecule is Nc1c(/N=N/c2ccc(S(=O)(=O)CCOS(=O)(=O)O)cc2)c(N)c(/N=N/c2ccc(S(=O)(=O)CCOS(=O)(=O)O)cc2)c(C(=O)O)c1/N=N/C1=CC=C(S(=O)(=O)CCOS(=O)(=O)O)CC1. The first-order valence-electron chi connectivity index (χ1n) is 17.3. The van der Waals surface area contributed by atoms with Crippen LogP contribution < -0.4 is 11.5 Å². The molecule has 0 atom stereocenters. The van der Waals surface area contributed by atoms with Gasteiger partial charge in [-0.25, -0.2) is 42.6 Å². The van der Waals surface area contributed by atoms with Gasteiger partial charge < -0.3 is 16.6 Å². The second-order valence-electron chi connectivity index (χ2n) is 12.6. The molecule has 34 heteroatoms. The Kier molecular flexibility index (Phi) is 16.6. The van der Waals surface area contributed by atoms with Gasteiger partial charge in [0.1, 0.15) is 22.6 Å². The fraction of sp³-hybridized carbons (Fsp3) is 0.258. The van der Waals surface area contributed by atoms with Gasteiger partial charge in [-0.05, 0) is 73.5 Å². The molecule has 354 valence electrons. The molecule has 1 aliphatic rings. The Balaban J connectivity index is 1.76. The topological polar surface area (TPSA) is 457 Å². The van der Waals surface area contributed by atoms with Crippen LogP contribution in [-0.2, 0) is 73.3 Å². The molecule has 8 N–H and O–H groups in total. The van der Waals surface area contributed by atoms with Gasteiger partial charge in [-0.2, -0.15) is 40.6 Å². The van der Waals surface area contributed by atoms with Gasteiger partial charge in [0.15, 0.2) is 29.5 Å². The summed E-state index contributed by atoms with van der Waals surface area (Å²) in [6.45, 7) is -2.68. The third kappa shape index (κ3) is 15.6. The molecule has 65 heavy (non-hydrogen) atoms. The summed E-state index contributed by atoms with van der Waals surface area (Å²) in [7, 11) is -27.1. The first-order valence-corrected chi connectivity index (χ1v) is 26.4. The van der Waals surface area contributed by atoms with Crippen LogP contribution in [0.25, 0.3) is 0 Å². The number of benzene rings is 3. The molecule has 0 amide bonds.